The van der Waals surface area contributed by atoms with Crippen LogP contribution in [0.5, 0.6) is 0 Å². The Balaban J connectivity index is 2.08. The fraction of sp³-hybridized carbons (Fsp3) is 0.895. The van der Waals surface area contributed by atoms with E-state index in [1.807, 2.05) is 0 Å². The lowest BCUT2D eigenvalue weighted by Gasteiger charge is -2.35. The normalized spacial score (nSPS) is 26.0. The van der Waals surface area contributed by atoms with Gasteiger partial charge in [-0.2, -0.15) is 0 Å². The molecule has 1 rings (SSSR count). The molecule has 1 fully saturated rings. The van der Waals surface area contributed by atoms with Crippen molar-refractivity contribution >= 4 is 0 Å². The predicted octanol–water partition coefficient (Wildman–Crippen LogP) is 4.67. The van der Waals surface area contributed by atoms with Crippen LogP contribution in [0.4, 0.5) is 0 Å². The highest BCUT2D eigenvalue weighted by Crippen LogP contribution is 2.39. The molecule has 0 radical (unpaired) electrons. The Morgan fingerprint density at radius 3 is 2.52 bits per heavy atom. The summed E-state index contributed by atoms with van der Waals surface area (Å²) in [5.74, 6) is 3.06. The van der Waals surface area contributed by atoms with E-state index in [2.05, 4.69) is 37.7 Å². The average Bonchev–Trinajstić information content (AvgIpc) is 2.51. The summed E-state index contributed by atoms with van der Waals surface area (Å²) in [5.41, 5.74) is 0. The monoisotopic (exact) mass is 294 g/mol. The number of rotatable bonds is 11. The number of hydrogen-bond acceptors (Lipinski definition) is 2. The van der Waals surface area contributed by atoms with Gasteiger partial charge in [0.15, 0.2) is 0 Å². The summed E-state index contributed by atoms with van der Waals surface area (Å²) in [5, 5.41) is 3.16. The summed E-state index contributed by atoms with van der Waals surface area (Å²) in [4.78, 5) is 2.43. The molecule has 0 aromatic heterocycles. The molecule has 0 saturated heterocycles. The molecule has 3 atom stereocenters. The first kappa shape index (κ1) is 18.5. The quantitative estimate of drug-likeness (QED) is 0.557. The lowest BCUT2D eigenvalue weighted by Crippen LogP contribution is -2.28. The SMILES string of the molecule is C=CNCCN(C)CCCCC1CCC(CC)C(CC)C1. The second kappa shape index (κ2) is 11.1. The van der Waals surface area contributed by atoms with E-state index >= 15 is 0 Å². The van der Waals surface area contributed by atoms with E-state index in [-0.39, 0.29) is 0 Å². The predicted molar refractivity (Wildman–Crippen MR) is 94.5 cm³/mol. The first-order chi connectivity index (χ1) is 10.2. The molecule has 2 heteroatoms. The standard InChI is InChI=1S/C19H38N2/c1-5-18-12-11-17(16-19(18)6-2)10-8-9-14-21(4)15-13-20-7-3/h7,17-20H,3,5-6,8-16H2,1-2,4H3. The number of hydrogen-bond donors (Lipinski definition) is 1. The average molecular weight is 295 g/mol. The second-order valence-electron chi connectivity index (χ2n) is 6.97. The Kier molecular flexibility index (Phi) is 9.82. The van der Waals surface area contributed by atoms with Crippen LogP contribution < -0.4 is 5.32 Å². The third-order valence-corrected chi connectivity index (χ3v) is 5.48. The number of likely N-dealkylation sites (N-methyl/N-ethyl adjacent to an activating group) is 1. The first-order valence-corrected chi connectivity index (χ1v) is 9.24. The van der Waals surface area contributed by atoms with E-state index in [1.165, 1.54) is 57.9 Å². The van der Waals surface area contributed by atoms with Crippen LogP contribution in [0.3, 0.4) is 0 Å². The van der Waals surface area contributed by atoms with Gasteiger partial charge in [-0.1, -0.05) is 52.5 Å². The summed E-state index contributed by atoms with van der Waals surface area (Å²) in [7, 11) is 2.23. The topological polar surface area (TPSA) is 15.3 Å². The van der Waals surface area contributed by atoms with Crippen molar-refractivity contribution in [3.63, 3.8) is 0 Å². The zero-order valence-electron chi connectivity index (χ0n) is 14.7. The van der Waals surface area contributed by atoms with Crippen LogP contribution in [-0.4, -0.2) is 31.6 Å². The molecule has 0 bridgehead atoms. The lowest BCUT2D eigenvalue weighted by molar-refractivity contribution is 0.160. The minimum absolute atomic E-state index is 1.01. The van der Waals surface area contributed by atoms with E-state index in [0.717, 1.165) is 30.8 Å². The summed E-state index contributed by atoms with van der Waals surface area (Å²) in [6, 6.07) is 0. The van der Waals surface area contributed by atoms with Crippen molar-refractivity contribution in [1.29, 1.82) is 0 Å². The van der Waals surface area contributed by atoms with Gasteiger partial charge in [0, 0.05) is 13.1 Å². The van der Waals surface area contributed by atoms with Crippen molar-refractivity contribution in [3.05, 3.63) is 12.8 Å². The zero-order valence-corrected chi connectivity index (χ0v) is 14.7. The van der Waals surface area contributed by atoms with Crippen LogP contribution >= 0.6 is 0 Å². The molecule has 2 nitrogen and oxygen atoms in total. The minimum Gasteiger partial charge on any atom is -0.390 e. The molecule has 0 heterocycles. The van der Waals surface area contributed by atoms with E-state index in [9.17, 15) is 0 Å². The maximum atomic E-state index is 3.68. The third-order valence-electron chi connectivity index (χ3n) is 5.48. The van der Waals surface area contributed by atoms with E-state index in [1.54, 1.807) is 6.20 Å². The lowest BCUT2D eigenvalue weighted by atomic mass is 9.71. The Bertz CT molecular complexity index is 264. The summed E-state index contributed by atoms with van der Waals surface area (Å²) >= 11 is 0. The molecule has 0 amide bonds. The fourth-order valence-electron chi connectivity index (χ4n) is 4.01. The zero-order chi connectivity index (χ0) is 15.5. The molecular formula is C19H38N2. The molecular weight excluding hydrogens is 256 g/mol. The second-order valence-corrected chi connectivity index (χ2v) is 6.97. The summed E-state index contributed by atoms with van der Waals surface area (Å²) in [6.07, 6.45) is 13.3. The van der Waals surface area contributed by atoms with Crippen LogP contribution in [0, 0.1) is 17.8 Å². The molecule has 1 aliphatic rings. The molecule has 1 N–H and O–H groups in total. The Labute approximate surface area is 133 Å². The molecule has 0 aromatic carbocycles. The van der Waals surface area contributed by atoms with Gasteiger partial charge in [0.1, 0.15) is 0 Å². The van der Waals surface area contributed by atoms with Gasteiger partial charge in [0.25, 0.3) is 0 Å². The molecule has 0 aliphatic heterocycles. The Hall–Kier alpha value is -0.500. The van der Waals surface area contributed by atoms with Gasteiger partial charge in [0.05, 0.1) is 0 Å². The molecule has 3 unspecified atom stereocenters. The van der Waals surface area contributed by atoms with E-state index < -0.39 is 0 Å². The van der Waals surface area contributed by atoms with Crippen LogP contribution in [0.25, 0.3) is 0 Å². The number of nitrogens with one attached hydrogen (secondary N) is 1. The Morgan fingerprint density at radius 1 is 1.10 bits per heavy atom. The fourth-order valence-corrected chi connectivity index (χ4v) is 4.01. The van der Waals surface area contributed by atoms with Crippen molar-refractivity contribution in [2.45, 2.75) is 65.2 Å². The van der Waals surface area contributed by atoms with Crippen LogP contribution in [0.1, 0.15) is 65.2 Å². The van der Waals surface area contributed by atoms with Gasteiger partial charge in [-0.05, 0) is 56.8 Å². The van der Waals surface area contributed by atoms with Crippen molar-refractivity contribution in [2.75, 3.05) is 26.7 Å². The number of nitrogens with zero attached hydrogens (tertiary/aromatic N) is 1. The highest BCUT2D eigenvalue weighted by Gasteiger charge is 2.27. The summed E-state index contributed by atoms with van der Waals surface area (Å²) < 4.78 is 0. The molecule has 0 aromatic rings. The largest absolute Gasteiger partial charge is 0.390 e. The smallest absolute Gasteiger partial charge is 0.0269 e. The molecule has 124 valence electrons. The van der Waals surface area contributed by atoms with Crippen molar-refractivity contribution in [2.24, 2.45) is 17.8 Å². The third kappa shape index (κ3) is 7.35. The van der Waals surface area contributed by atoms with Gasteiger partial charge >= 0.3 is 0 Å². The molecule has 1 saturated carbocycles. The van der Waals surface area contributed by atoms with Crippen LogP contribution in [0.2, 0.25) is 0 Å². The van der Waals surface area contributed by atoms with Gasteiger partial charge in [-0.3, -0.25) is 0 Å². The van der Waals surface area contributed by atoms with Gasteiger partial charge < -0.3 is 10.2 Å². The maximum absolute atomic E-state index is 3.68. The highest BCUT2D eigenvalue weighted by atomic mass is 15.1. The van der Waals surface area contributed by atoms with Crippen molar-refractivity contribution < 1.29 is 0 Å². The van der Waals surface area contributed by atoms with Crippen molar-refractivity contribution in [3.8, 4) is 0 Å². The summed E-state index contributed by atoms with van der Waals surface area (Å²) in [6.45, 7) is 11.8. The van der Waals surface area contributed by atoms with Crippen LogP contribution in [0.15, 0.2) is 12.8 Å². The highest BCUT2D eigenvalue weighted by molar-refractivity contribution is 4.79. The van der Waals surface area contributed by atoms with Crippen LogP contribution in [-0.2, 0) is 0 Å². The van der Waals surface area contributed by atoms with E-state index in [4.69, 9.17) is 0 Å². The maximum Gasteiger partial charge on any atom is 0.0269 e. The Morgan fingerprint density at radius 2 is 1.86 bits per heavy atom. The molecule has 21 heavy (non-hydrogen) atoms. The van der Waals surface area contributed by atoms with Gasteiger partial charge in [-0.15, -0.1) is 0 Å². The minimum atomic E-state index is 1.01. The van der Waals surface area contributed by atoms with Crippen molar-refractivity contribution in [1.82, 2.24) is 10.2 Å². The number of unbranched alkanes of at least 4 members (excludes halogenated alkanes) is 1. The van der Waals surface area contributed by atoms with Gasteiger partial charge in [-0.25, -0.2) is 0 Å². The molecule has 0 spiro atoms. The van der Waals surface area contributed by atoms with Gasteiger partial charge in [0.2, 0.25) is 0 Å². The van der Waals surface area contributed by atoms with E-state index in [0.29, 0.717) is 0 Å². The first-order valence-electron chi connectivity index (χ1n) is 9.24. The molecule has 1 aliphatic carbocycles.